The number of rotatable bonds is 5. The summed E-state index contributed by atoms with van der Waals surface area (Å²) in [6.45, 7) is 5.06. The van der Waals surface area contributed by atoms with Crippen molar-refractivity contribution in [1.29, 1.82) is 0 Å². The monoisotopic (exact) mass is 443 g/mol. The van der Waals surface area contributed by atoms with Crippen molar-refractivity contribution in [1.82, 2.24) is 0 Å². The van der Waals surface area contributed by atoms with Gasteiger partial charge in [-0.05, 0) is 63.2 Å². The van der Waals surface area contributed by atoms with Gasteiger partial charge < -0.3 is 15.4 Å². The fourth-order valence-electron chi connectivity index (χ4n) is 3.57. The molecule has 0 spiro atoms. The lowest BCUT2D eigenvalue weighted by atomic mass is 10.0. The van der Waals surface area contributed by atoms with Crippen LogP contribution in [-0.2, 0) is 9.59 Å². The smallest absolute Gasteiger partial charge is 0.271 e. The third kappa shape index (κ3) is 4.87. The molecule has 0 saturated heterocycles. The van der Waals surface area contributed by atoms with Gasteiger partial charge in [0.2, 0.25) is 5.91 Å². The third-order valence-electron chi connectivity index (χ3n) is 5.31. The molecule has 168 valence electrons. The van der Waals surface area contributed by atoms with Crippen molar-refractivity contribution in [2.75, 3.05) is 22.1 Å². The predicted molar refractivity (Wildman–Crippen MR) is 128 cm³/mol. The maximum Gasteiger partial charge on any atom is 0.271 e. The van der Waals surface area contributed by atoms with Crippen LogP contribution in [0.3, 0.4) is 0 Å². The summed E-state index contributed by atoms with van der Waals surface area (Å²) in [5.74, 6) is -0.617. The minimum absolute atomic E-state index is 0.212. The van der Waals surface area contributed by atoms with E-state index >= 15 is 0 Å². The van der Waals surface area contributed by atoms with E-state index in [4.69, 9.17) is 4.74 Å². The molecule has 0 aromatic heterocycles. The molecule has 0 atom stereocenters. The van der Waals surface area contributed by atoms with Gasteiger partial charge in [-0.1, -0.05) is 35.9 Å². The van der Waals surface area contributed by atoms with Crippen molar-refractivity contribution in [3.8, 4) is 5.75 Å². The van der Waals surface area contributed by atoms with Crippen LogP contribution in [0.4, 0.5) is 17.1 Å². The highest BCUT2D eigenvalue weighted by atomic mass is 16.5. The zero-order valence-corrected chi connectivity index (χ0v) is 18.7. The Bertz CT molecular complexity index is 1200. The molecule has 33 heavy (non-hydrogen) atoms. The number of amides is 3. The summed E-state index contributed by atoms with van der Waals surface area (Å²) >= 11 is 0. The molecule has 3 aromatic rings. The van der Waals surface area contributed by atoms with Gasteiger partial charge in [0.25, 0.3) is 11.8 Å². The van der Waals surface area contributed by atoms with Crippen LogP contribution >= 0.6 is 0 Å². The van der Waals surface area contributed by atoms with Gasteiger partial charge in [0.1, 0.15) is 12.3 Å². The maximum absolute atomic E-state index is 13.1. The molecule has 3 amide bonds. The first-order valence-electron chi connectivity index (χ1n) is 10.6. The minimum Gasteiger partial charge on any atom is -0.476 e. The molecular formula is C26H25N3O4. The number of para-hydroxylation sites is 1. The summed E-state index contributed by atoms with van der Waals surface area (Å²) in [6, 6.07) is 21.3. The molecule has 0 unspecified atom stereocenters. The fourth-order valence-corrected chi connectivity index (χ4v) is 3.57. The summed E-state index contributed by atoms with van der Waals surface area (Å²) in [6.07, 6.45) is 0. The van der Waals surface area contributed by atoms with Gasteiger partial charge in [-0.15, -0.1) is 0 Å². The number of hydrogen-bond donors (Lipinski definition) is 2. The molecule has 1 heterocycles. The minimum atomic E-state index is -1.15. The summed E-state index contributed by atoms with van der Waals surface area (Å²) in [5.41, 5.74) is 1.96. The van der Waals surface area contributed by atoms with Gasteiger partial charge in [0.15, 0.2) is 5.60 Å². The molecule has 1 aliphatic heterocycles. The Labute approximate surface area is 192 Å². The molecule has 4 rings (SSSR count). The summed E-state index contributed by atoms with van der Waals surface area (Å²) < 4.78 is 5.87. The van der Waals surface area contributed by atoms with Gasteiger partial charge in [-0.2, -0.15) is 0 Å². The van der Waals surface area contributed by atoms with Gasteiger partial charge >= 0.3 is 0 Å². The van der Waals surface area contributed by atoms with Crippen LogP contribution in [0.25, 0.3) is 0 Å². The topological polar surface area (TPSA) is 87.7 Å². The van der Waals surface area contributed by atoms with E-state index in [2.05, 4.69) is 10.6 Å². The van der Waals surface area contributed by atoms with Gasteiger partial charge in [0.05, 0.1) is 5.69 Å². The molecule has 3 aromatic carbocycles. The van der Waals surface area contributed by atoms with E-state index in [0.29, 0.717) is 28.4 Å². The van der Waals surface area contributed by atoms with Crippen molar-refractivity contribution in [2.45, 2.75) is 26.4 Å². The van der Waals surface area contributed by atoms with E-state index in [9.17, 15) is 14.4 Å². The van der Waals surface area contributed by atoms with E-state index in [-0.39, 0.29) is 24.3 Å². The zero-order chi connectivity index (χ0) is 23.6. The average Bonchev–Trinajstić information content (AvgIpc) is 2.78. The normalized spacial score (nSPS) is 14.2. The number of nitrogens with zero attached hydrogens (tertiary/aromatic N) is 1. The first kappa shape index (κ1) is 22.1. The number of carbonyl (C=O) groups excluding carboxylic acids is 3. The zero-order valence-electron chi connectivity index (χ0n) is 18.7. The van der Waals surface area contributed by atoms with Crippen molar-refractivity contribution in [2.24, 2.45) is 0 Å². The molecule has 0 saturated carbocycles. The van der Waals surface area contributed by atoms with Gasteiger partial charge in [-0.3, -0.25) is 19.3 Å². The van der Waals surface area contributed by atoms with Crippen molar-refractivity contribution >= 4 is 34.8 Å². The number of anilines is 3. The largest absolute Gasteiger partial charge is 0.476 e. The molecule has 0 radical (unpaired) electrons. The Morgan fingerprint density at radius 3 is 2.27 bits per heavy atom. The van der Waals surface area contributed by atoms with E-state index in [1.165, 1.54) is 4.90 Å². The highest BCUT2D eigenvalue weighted by Crippen LogP contribution is 2.38. The van der Waals surface area contributed by atoms with Crippen molar-refractivity contribution in [3.63, 3.8) is 0 Å². The van der Waals surface area contributed by atoms with Crippen molar-refractivity contribution in [3.05, 3.63) is 83.9 Å². The number of hydrogen-bond acceptors (Lipinski definition) is 4. The average molecular weight is 444 g/mol. The number of nitrogens with one attached hydrogen (secondary N) is 2. The number of carbonyl (C=O) groups is 3. The third-order valence-corrected chi connectivity index (χ3v) is 5.31. The maximum atomic E-state index is 13.1. The lowest BCUT2D eigenvalue weighted by Crippen LogP contribution is -2.54. The Balaban J connectivity index is 1.60. The lowest BCUT2D eigenvalue weighted by Gasteiger charge is -2.38. The predicted octanol–water partition coefficient (Wildman–Crippen LogP) is 4.39. The number of ether oxygens (including phenoxy) is 1. The van der Waals surface area contributed by atoms with E-state index in [1.54, 1.807) is 44.2 Å². The Kier molecular flexibility index (Phi) is 5.87. The lowest BCUT2D eigenvalue weighted by molar-refractivity contribution is -0.133. The number of fused-ring (bicyclic) bond motifs is 1. The Morgan fingerprint density at radius 1 is 0.909 bits per heavy atom. The second kappa shape index (κ2) is 8.78. The Hall–Kier alpha value is -4.13. The van der Waals surface area contributed by atoms with E-state index in [1.807, 2.05) is 49.4 Å². The number of benzene rings is 3. The molecule has 0 aliphatic carbocycles. The van der Waals surface area contributed by atoms with E-state index in [0.717, 1.165) is 5.56 Å². The second-order valence-corrected chi connectivity index (χ2v) is 8.42. The van der Waals surface area contributed by atoms with E-state index < -0.39 is 5.60 Å². The first-order chi connectivity index (χ1) is 15.7. The Morgan fingerprint density at radius 2 is 1.58 bits per heavy atom. The highest BCUT2D eigenvalue weighted by Gasteiger charge is 2.41. The van der Waals surface area contributed by atoms with Crippen LogP contribution in [0.5, 0.6) is 5.75 Å². The standard InChI is InChI=1S/C26H25N3O4/c1-17-9-12-20(13-10-17)28-24(31)18-11-14-22-21(15-18)29(25(32)26(2,3)33-22)16-23(30)27-19-7-5-4-6-8-19/h4-15H,16H2,1-3H3,(H,27,30)(H,28,31). The first-order valence-corrected chi connectivity index (χ1v) is 10.6. The molecule has 0 bridgehead atoms. The molecular weight excluding hydrogens is 418 g/mol. The molecule has 7 heteroatoms. The summed E-state index contributed by atoms with van der Waals surface area (Å²) in [4.78, 5) is 40.0. The number of aryl methyl sites for hydroxylation is 1. The van der Waals surface area contributed by atoms with Gasteiger partial charge in [0, 0.05) is 16.9 Å². The summed E-state index contributed by atoms with van der Waals surface area (Å²) in [7, 11) is 0. The van der Waals surface area contributed by atoms with Crippen LogP contribution < -0.4 is 20.3 Å². The molecule has 2 N–H and O–H groups in total. The summed E-state index contributed by atoms with van der Waals surface area (Å²) in [5, 5.41) is 5.64. The van der Waals surface area contributed by atoms with Crippen molar-refractivity contribution < 1.29 is 19.1 Å². The second-order valence-electron chi connectivity index (χ2n) is 8.42. The fraction of sp³-hybridized carbons (Fsp3) is 0.192. The molecule has 1 aliphatic rings. The molecule has 7 nitrogen and oxygen atoms in total. The highest BCUT2D eigenvalue weighted by molar-refractivity contribution is 6.10. The van der Waals surface area contributed by atoms with Gasteiger partial charge in [-0.25, -0.2) is 0 Å². The van der Waals surface area contributed by atoms with Crippen LogP contribution in [-0.4, -0.2) is 29.9 Å². The molecule has 0 fully saturated rings. The quantitative estimate of drug-likeness (QED) is 0.612. The SMILES string of the molecule is Cc1ccc(NC(=O)c2ccc3c(c2)N(CC(=O)Nc2ccccc2)C(=O)C(C)(C)O3)cc1. The van der Waals surface area contributed by atoms with Crippen LogP contribution in [0.1, 0.15) is 29.8 Å². The van der Waals surface area contributed by atoms with Crippen LogP contribution in [0.2, 0.25) is 0 Å². The van der Waals surface area contributed by atoms with Crippen LogP contribution in [0, 0.1) is 6.92 Å². The van der Waals surface area contributed by atoms with Crippen LogP contribution in [0.15, 0.2) is 72.8 Å².